The number of nitrogens with one attached hydrogen (secondary N) is 3. The molecule has 0 aliphatic heterocycles. The van der Waals surface area contributed by atoms with Crippen LogP contribution < -0.4 is 15.4 Å². The Kier molecular flexibility index (Phi) is 6.94. The maximum absolute atomic E-state index is 10.9. The molecule has 3 N–H and O–H groups in total. The van der Waals surface area contributed by atoms with Crippen molar-refractivity contribution in [2.45, 2.75) is 13.0 Å². The Balaban J connectivity index is 2.49. The lowest BCUT2D eigenvalue weighted by molar-refractivity contribution is 0.586. The van der Waals surface area contributed by atoms with Crippen LogP contribution in [0.1, 0.15) is 18.5 Å². The van der Waals surface area contributed by atoms with Crippen molar-refractivity contribution in [3.05, 3.63) is 34.9 Å². The average molecular weight is 333 g/mol. The molecule has 0 spiro atoms. The Morgan fingerprint density at radius 1 is 1.33 bits per heavy atom. The second kappa shape index (κ2) is 8.21. The molecule has 0 bridgehead atoms. The van der Waals surface area contributed by atoms with Crippen LogP contribution in [0.3, 0.4) is 0 Å². The highest BCUT2D eigenvalue weighted by Crippen LogP contribution is 2.21. The summed E-state index contributed by atoms with van der Waals surface area (Å²) in [6, 6.07) is 7.56. The van der Waals surface area contributed by atoms with Crippen molar-refractivity contribution in [2.24, 2.45) is 4.99 Å². The molecular weight excluding hydrogens is 312 g/mol. The van der Waals surface area contributed by atoms with Gasteiger partial charge in [0.05, 0.1) is 12.3 Å². The zero-order valence-corrected chi connectivity index (χ0v) is 13.9. The molecule has 1 aromatic carbocycles. The van der Waals surface area contributed by atoms with E-state index >= 15 is 0 Å². The fourth-order valence-corrected chi connectivity index (χ4v) is 2.49. The molecule has 8 heteroatoms. The number of benzene rings is 1. The fourth-order valence-electron chi connectivity index (χ4n) is 1.72. The van der Waals surface area contributed by atoms with Gasteiger partial charge in [-0.3, -0.25) is 4.99 Å². The van der Waals surface area contributed by atoms with E-state index in [-0.39, 0.29) is 6.04 Å². The molecule has 0 heterocycles. The van der Waals surface area contributed by atoms with Crippen molar-refractivity contribution < 1.29 is 8.42 Å². The molecule has 21 heavy (non-hydrogen) atoms. The predicted molar refractivity (Wildman–Crippen MR) is 87.2 cm³/mol. The summed E-state index contributed by atoms with van der Waals surface area (Å²) < 4.78 is 24.3. The number of guanidine groups is 1. The van der Waals surface area contributed by atoms with Gasteiger partial charge in [0.2, 0.25) is 10.0 Å². The first-order chi connectivity index (χ1) is 9.83. The lowest BCUT2D eigenvalue weighted by Gasteiger charge is -2.19. The summed E-state index contributed by atoms with van der Waals surface area (Å²) in [6.45, 7) is 2.70. The highest BCUT2D eigenvalue weighted by molar-refractivity contribution is 7.88. The van der Waals surface area contributed by atoms with E-state index in [0.717, 1.165) is 11.8 Å². The van der Waals surface area contributed by atoms with Crippen LogP contribution in [-0.2, 0) is 10.0 Å². The highest BCUT2D eigenvalue weighted by atomic mass is 35.5. The van der Waals surface area contributed by atoms with Crippen molar-refractivity contribution >= 4 is 27.6 Å². The van der Waals surface area contributed by atoms with E-state index in [0.29, 0.717) is 24.1 Å². The van der Waals surface area contributed by atoms with Crippen molar-refractivity contribution in [1.29, 1.82) is 0 Å². The highest BCUT2D eigenvalue weighted by Gasteiger charge is 2.10. The van der Waals surface area contributed by atoms with Crippen LogP contribution in [0.2, 0.25) is 5.02 Å². The van der Waals surface area contributed by atoms with Gasteiger partial charge in [-0.25, -0.2) is 13.1 Å². The number of hydrogen-bond acceptors (Lipinski definition) is 3. The van der Waals surface area contributed by atoms with E-state index in [1.165, 1.54) is 0 Å². The first-order valence-corrected chi connectivity index (χ1v) is 8.76. The molecular formula is C13H21ClN4O2S. The lowest BCUT2D eigenvalue weighted by Crippen LogP contribution is -2.42. The summed E-state index contributed by atoms with van der Waals surface area (Å²) in [5.74, 6) is 0.581. The third kappa shape index (κ3) is 6.79. The summed E-state index contributed by atoms with van der Waals surface area (Å²) in [7, 11) is -1.52. The molecule has 0 aliphatic carbocycles. The van der Waals surface area contributed by atoms with Crippen LogP contribution in [0, 0.1) is 0 Å². The normalized spacial score (nSPS) is 13.8. The van der Waals surface area contributed by atoms with E-state index < -0.39 is 10.0 Å². The number of nitrogens with zero attached hydrogens (tertiary/aromatic N) is 1. The number of halogens is 1. The SMILES string of the molecule is CN=C(NCCNS(C)(=O)=O)NC(C)c1ccccc1Cl. The molecule has 6 nitrogen and oxygen atoms in total. The van der Waals surface area contributed by atoms with Crippen LogP contribution in [0.15, 0.2) is 29.3 Å². The molecule has 1 aromatic rings. The molecule has 0 radical (unpaired) electrons. The summed E-state index contributed by atoms with van der Waals surface area (Å²) in [4.78, 5) is 4.09. The maximum Gasteiger partial charge on any atom is 0.208 e. The summed E-state index contributed by atoms with van der Waals surface area (Å²) in [5.41, 5.74) is 0.969. The molecule has 1 atom stereocenters. The van der Waals surface area contributed by atoms with Crippen molar-refractivity contribution in [3.63, 3.8) is 0 Å². The molecule has 1 rings (SSSR count). The second-order valence-electron chi connectivity index (χ2n) is 4.55. The van der Waals surface area contributed by atoms with E-state index in [1.807, 2.05) is 31.2 Å². The third-order valence-electron chi connectivity index (χ3n) is 2.73. The molecule has 0 fully saturated rings. The summed E-state index contributed by atoms with van der Waals surface area (Å²) in [5, 5.41) is 6.92. The van der Waals surface area contributed by atoms with Crippen molar-refractivity contribution in [3.8, 4) is 0 Å². The quantitative estimate of drug-likeness (QED) is 0.414. The standard InChI is InChI=1S/C13H21ClN4O2S/c1-10(11-6-4-5-7-12(11)14)18-13(15-2)16-8-9-17-21(3,19)20/h4-7,10,17H,8-9H2,1-3H3,(H2,15,16,18). The summed E-state index contributed by atoms with van der Waals surface area (Å²) in [6.07, 6.45) is 1.12. The van der Waals surface area contributed by atoms with Crippen molar-refractivity contribution in [1.82, 2.24) is 15.4 Å². The fraction of sp³-hybridized carbons (Fsp3) is 0.462. The minimum atomic E-state index is -3.17. The second-order valence-corrected chi connectivity index (χ2v) is 6.79. The van der Waals surface area contributed by atoms with Crippen LogP contribution in [0.4, 0.5) is 0 Å². The topological polar surface area (TPSA) is 82.6 Å². The Hall–Kier alpha value is -1.31. The predicted octanol–water partition coefficient (Wildman–Crippen LogP) is 1.12. The van der Waals surface area contributed by atoms with Crippen LogP contribution in [0.5, 0.6) is 0 Å². The van der Waals surface area contributed by atoms with Gasteiger partial charge >= 0.3 is 0 Å². The smallest absolute Gasteiger partial charge is 0.208 e. The van der Waals surface area contributed by atoms with Gasteiger partial charge in [-0.1, -0.05) is 29.8 Å². The Morgan fingerprint density at radius 3 is 2.57 bits per heavy atom. The van der Waals surface area contributed by atoms with Gasteiger partial charge in [-0.05, 0) is 18.6 Å². The van der Waals surface area contributed by atoms with Crippen LogP contribution in [-0.4, -0.2) is 40.8 Å². The zero-order chi connectivity index (χ0) is 15.9. The Bertz CT molecular complexity index is 590. The zero-order valence-electron chi connectivity index (χ0n) is 12.4. The van der Waals surface area contributed by atoms with E-state index in [1.54, 1.807) is 7.05 Å². The molecule has 1 unspecified atom stereocenters. The average Bonchev–Trinajstić information content (AvgIpc) is 2.41. The van der Waals surface area contributed by atoms with Gasteiger partial charge in [-0.15, -0.1) is 0 Å². The Morgan fingerprint density at radius 2 is 2.00 bits per heavy atom. The van der Waals surface area contributed by atoms with Gasteiger partial charge < -0.3 is 10.6 Å². The molecule has 0 aliphatic rings. The largest absolute Gasteiger partial charge is 0.355 e. The Labute approximate surface area is 131 Å². The van der Waals surface area contributed by atoms with Gasteiger partial charge in [0.25, 0.3) is 0 Å². The van der Waals surface area contributed by atoms with Crippen molar-refractivity contribution in [2.75, 3.05) is 26.4 Å². The van der Waals surface area contributed by atoms with Crippen LogP contribution in [0.25, 0.3) is 0 Å². The number of rotatable bonds is 6. The van der Waals surface area contributed by atoms with Crippen LogP contribution >= 0.6 is 11.6 Å². The minimum absolute atomic E-state index is 0.0206. The number of hydrogen-bond donors (Lipinski definition) is 3. The molecule has 0 saturated carbocycles. The molecule has 0 aromatic heterocycles. The molecule has 0 saturated heterocycles. The summed E-state index contributed by atoms with van der Waals surface area (Å²) >= 11 is 6.15. The maximum atomic E-state index is 10.9. The van der Waals surface area contributed by atoms with Gasteiger partial charge in [0.1, 0.15) is 0 Å². The number of sulfonamides is 1. The van der Waals surface area contributed by atoms with E-state index in [2.05, 4.69) is 20.3 Å². The third-order valence-corrected chi connectivity index (χ3v) is 3.80. The lowest BCUT2D eigenvalue weighted by atomic mass is 10.1. The number of aliphatic imine (C=N–C) groups is 1. The van der Waals surface area contributed by atoms with Gasteiger partial charge in [0.15, 0.2) is 5.96 Å². The first-order valence-electron chi connectivity index (χ1n) is 6.49. The first kappa shape index (κ1) is 17.7. The van der Waals surface area contributed by atoms with Gasteiger partial charge in [-0.2, -0.15) is 0 Å². The molecule has 118 valence electrons. The van der Waals surface area contributed by atoms with E-state index in [9.17, 15) is 8.42 Å². The van der Waals surface area contributed by atoms with E-state index in [4.69, 9.17) is 11.6 Å². The molecule has 0 amide bonds. The van der Waals surface area contributed by atoms with Gasteiger partial charge in [0, 0.05) is 25.2 Å². The monoisotopic (exact) mass is 332 g/mol. The minimum Gasteiger partial charge on any atom is -0.355 e.